The van der Waals surface area contributed by atoms with Crippen LogP contribution in [0.5, 0.6) is 0 Å². The van der Waals surface area contributed by atoms with E-state index in [1.807, 2.05) is 6.92 Å². The van der Waals surface area contributed by atoms with Gasteiger partial charge in [0.2, 0.25) is 0 Å². The van der Waals surface area contributed by atoms with E-state index in [0.29, 0.717) is 6.42 Å². The van der Waals surface area contributed by atoms with E-state index in [1.165, 1.54) is 0 Å². The van der Waals surface area contributed by atoms with Gasteiger partial charge in [0.1, 0.15) is 0 Å². The summed E-state index contributed by atoms with van der Waals surface area (Å²) in [5, 5.41) is 9.87. The Morgan fingerprint density at radius 3 is 2.33 bits per heavy atom. The summed E-state index contributed by atoms with van der Waals surface area (Å²) in [7, 11) is 0. The van der Waals surface area contributed by atoms with Crippen molar-refractivity contribution in [3.05, 3.63) is 0 Å². The van der Waals surface area contributed by atoms with Crippen molar-refractivity contribution < 1.29 is 49.0 Å². The Kier molecular flexibility index (Phi) is 9.14. The fraction of sp³-hybridized carbons (Fsp3) is 0.714. The zero-order valence-corrected chi connectivity index (χ0v) is 9.62. The molecule has 0 bridgehead atoms. The van der Waals surface area contributed by atoms with Crippen molar-refractivity contribution in [2.24, 2.45) is 0 Å². The normalized spacial score (nSPS) is 11.2. The van der Waals surface area contributed by atoms with Crippen LogP contribution in [-0.4, -0.2) is 18.0 Å². The molecular weight excluding hydrogens is 171 g/mol. The SMILES string of the molecule is CCC(C)OC(=O)CC(=O)[O-].[Na+]. The molecule has 0 N–H and O–H groups in total. The molecule has 0 aromatic heterocycles. The molecule has 0 fully saturated rings. The number of hydrogen-bond acceptors (Lipinski definition) is 4. The number of carbonyl (C=O) groups excluding carboxylic acids is 2. The number of carboxylic acids is 1. The summed E-state index contributed by atoms with van der Waals surface area (Å²) in [5.74, 6) is -2.14. The fourth-order valence-corrected chi connectivity index (χ4v) is 0.467. The van der Waals surface area contributed by atoms with Gasteiger partial charge in [-0.25, -0.2) is 0 Å². The third-order valence-corrected chi connectivity index (χ3v) is 1.20. The predicted octanol–water partition coefficient (Wildman–Crippen LogP) is -3.53. The first-order valence-corrected chi connectivity index (χ1v) is 3.45. The summed E-state index contributed by atoms with van der Waals surface area (Å²) in [6, 6.07) is 0. The minimum Gasteiger partial charge on any atom is -0.550 e. The molecule has 0 aliphatic carbocycles. The molecular formula is C7H11NaO4. The molecule has 0 aromatic rings. The summed E-state index contributed by atoms with van der Waals surface area (Å²) in [5.41, 5.74) is 0. The van der Waals surface area contributed by atoms with Gasteiger partial charge >= 0.3 is 35.5 Å². The van der Waals surface area contributed by atoms with Crippen LogP contribution in [0.3, 0.4) is 0 Å². The van der Waals surface area contributed by atoms with Gasteiger partial charge in [0.15, 0.2) is 0 Å². The van der Waals surface area contributed by atoms with Crippen molar-refractivity contribution in [2.45, 2.75) is 32.8 Å². The molecule has 0 saturated heterocycles. The molecule has 12 heavy (non-hydrogen) atoms. The molecule has 5 heteroatoms. The molecule has 0 heterocycles. The summed E-state index contributed by atoms with van der Waals surface area (Å²) >= 11 is 0. The number of aliphatic carboxylic acids is 1. The molecule has 0 aromatic carbocycles. The van der Waals surface area contributed by atoms with Gasteiger partial charge in [0.05, 0.1) is 18.5 Å². The van der Waals surface area contributed by atoms with Crippen LogP contribution in [0.15, 0.2) is 0 Å². The van der Waals surface area contributed by atoms with Crippen LogP contribution in [-0.2, 0) is 14.3 Å². The van der Waals surface area contributed by atoms with E-state index >= 15 is 0 Å². The van der Waals surface area contributed by atoms with Crippen LogP contribution < -0.4 is 34.7 Å². The van der Waals surface area contributed by atoms with Crippen molar-refractivity contribution in [3.8, 4) is 0 Å². The van der Waals surface area contributed by atoms with E-state index in [0.717, 1.165) is 0 Å². The van der Waals surface area contributed by atoms with Crippen LogP contribution in [0.4, 0.5) is 0 Å². The number of ether oxygens (including phenoxy) is 1. The smallest absolute Gasteiger partial charge is 0.550 e. The van der Waals surface area contributed by atoms with Gasteiger partial charge in [-0.1, -0.05) is 6.92 Å². The van der Waals surface area contributed by atoms with Gasteiger partial charge in [0, 0.05) is 0 Å². The van der Waals surface area contributed by atoms with Crippen LogP contribution in [0, 0.1) is 0 Å². The van der Waals surface area contributed by atoms with Crippen LogP contribution in [0.2, 0.25) is 0 Å². The van der Waals surface area contributed by atoms with Crippen molar-refractivity contribution in [1.82, 2.24) is 0 Å². The van der Waals surface area contributed by atoms with Crippen molar-refractivity contribution in [2.75, 3.05) is 0 Å². The summed E-state index contributed by atoms with van der Waals surface area (Å²) < 4.78 is 4.65. The molecule has 0 saturated carbocycles. The Hall–Kier alpha value is -0.0600. The van der Waals surface area contributed by atoms with E-state index in [1.54, 1.807) is 6.92 Å². The Morgan fingerprint density at radius 2 is 2.00 bits per heavy atom. The molecule has 0 radical (unpaired) electrons. The van der Waals surface area contributed by atoms with Gasteiger partial charge in [-0.15, -0.1) is 0 Å². The quantitative estimate of drug-likeness (QED) is 0.257. The number of rotatable bonds is 4. The Bertz CT molecular complexity index is 157. The van der Waals surface area contributed by atoms with Crippen molar-refractivity contribution >= 4 is 11.9 Å². The fourth-order valence-electron chi connectivity index (χ4n) is 0.467. The predicted molar refractivity (Wildman–Crippen MR) is 35.5 cm³/mol. The van der Waals surface area contributed by atoms with E-state index in [2.05, 4.69) is 4.74 Å². The first-order chi connectivity index (χ1) is 5.06. The van der Waals surface area contributed by atoms with E-state index in [9.17, 15) is 14.7 Å². The minimum absolute atomic E-state index is 0. The minimum atomic E-state index is -1.40. The summed E-state index contributed by atoms with van der Waals surface area (Å²) in [4.78, 5) is 20.4. The number of esters is 1. The number of hydrogen-bond donors (Lipinski definition) is 0. The van der Waals surface area contributed by atoms with Crippen molar-refractivity contribution in [1.29, 1.82) is 0 Å². The summed E-state index contributed by atoms with van der Waals surface area (Å²) in [6.45, 7) is 3.55. The van der Waals surface area contributed by atoms with Crippen molar-refractivity contribution in [3.63, 3.8) is 0 Å². The van der Waals surface area contributed by atoms with Gasteiger partial charge in [-0.2, -0.15) is 0 Å². The van der Waals surface area contributed by atoms with Gasteiger partial charge < -0.3 is 14.6 Å². The zero-order valence-electron chi connectivity index (χ0n) is 7.62. The zero-order chi connectivity index (χ0) is 8.85. The summed E-state index contributed by atoms with van der Waals surface area (Å²) in [6.07, 6.45) is -0.204. The Labute approximate surface area is 93.6 Å². The molecule has 1 atom stereocenters. The van der Waals surface area contributed by atoms with Crippen LogP contribution >= 0.6 is 0 Å². The average Bonchev–Trinajstić information content (AvgIpc) is 1.85. The maximum Gasteiger partial charge on any atom is 1.00 e. The Morgan fingerprint density at radius 1 is 1.50 bits per heavy atom. The van der Waals surface area contributed by atoms with Gasteiger partial charge in [0.25, 0.3) is 0 Å². The second-order valence-electron chi connectivity index (χ2n) is 2.26. The number of carboxylic acid groups (broad SMARTS) is 1. The molecule has 0 rings (SSSR count). The van der Waals surface area contributed by atoms with E-state index < -0.39 is 18.4 Å². The maximum absolute atomic E-state index is 10.6. The molecule has 0 aliphatic heterocycles. The standard InChI is InChI=1S/C7H12O4.Na/c1-3-5(2)11-7(10)4-6(8)9;/h5H,3-4H2,1-2H3,(H,8,9);/q;+1/p-1. The molecule has 1 unspecified atom stereocenters. The third kappa shape index (κ3) is 8.04. The van der Waals surface area contributed by atoms with Crippen LogP contribution in [0.25, 0.3) is 0 Å². The molecule has 64 valence electrons. The largest absolute Gasteiger partial charge is 1.00 e. The molecule has 0 spiro atoms. The average molecular weight is 182 g/mol. The van der Waals surface area contributed by atoms with Gasteiger partial charge in [-0.05, 0) is 13.3 Å². The van der Waals surface area contributed by atoms with Gasteiger partial charge in [-0.3, -0.25) is 4.79 Å². The Balaban J connectivity index is 0. The second-order valence-corrected chi connectivity index (χ2v) is 2.26. The third-order valence-electron chi connectivity index (χ3n) is 1.20. The first-order valence-electron chi connectivity index (χ1n) is 3.45. The number of carbonyl (C=O) groups is 2. The molecule has 0 aliphatic rings. The second kappa shape index (κ2) is 7.58. The topological polar surface area (TPSA) is 66.4 Å². The monoisotopic (exact) mass is 182 g/mol. The molecule has 4 nitrogen and oxygen atoms in total. The van der Waals surface area contributed by atoms with Crippen LogP contribution in [0.1, 0.15) is 26.7 Å². The first kappa shape index (κ1) is 14.5. The van der Waals surface area contributed by atoms with E-state index in [4.69, 9.17) is 0 Å². The van der Waals surface area contributed by atoms with E-state index in [-0.39, 0.29) is 35.7 Å². The molecule has 0 amide bonds. The maximum atomic E-state index is 10.6.